The van der Waals surface area contributed by atoms with E-state index in [2.05, 4.69) is 0 Å². The van der Waals surface area contributed by atoms with Crippen molar-refractivity contribution in [1.29, 1.82) is 0 Å². The second kappa shape index (κ2) is 8.73. The van der Waals surface area contributed by atoms with Crippen molar-refractivity contribution in [3.63, 3.8) is 0 Å². The lowest BCUT2D eigenvalue weighted by atomic mass is 10.0. The van der Waals surface area contributed by atoms with Crippen LogP contribution in [0, 0.1) is 0 Å². The molecule has 0 aliphatic rings. The van der Waals surface area contributed by atoms with Crippen LogP contribution in [0.15, 0.2) is 54.6 Å². The molecule has 0 bridgehead atoms. The molecule has 0 amide bonds. The molecule has 0 aliphatic carbocycles. The van der Waals surface area contributed by atoms with Crippen molar-refractivity contribution >= 4 is 11.8 Å². The zero-order valence-electron chi connectivity index (χ0n) is 13.2. The van der Waals surface area contributed by atoms with E-state index in [4.69, 9.17) is 9.47 Å². The van der Waals surface area contributed by atoms with Gasteiger partial charge in [0.1, 0.15) is 5.75 Å². The molecule has 0 radical (unpaired) electrons. The molecule has 120 valence electrons. The van der Waals surface area contributed by atoms with Gasteiger partial charge in [0.15, 0.2) is 12.4 Å². The molecule has 0 saturated heterocycles. The number of esters is 1. The molecule has 0 N–H and O–H groups in total. The molecule has 4 heteroatoms. The normalized spacial score (nSPS) is 10.1. The standard InChI is InChI=1S/C19H20O4/c1-2-22-19(21)14-23-18-11-7-6-10-16(18)17(20)13-12-15-8-4-3-5-9-15/h3-11H,2,12-14H2,1H3. The first-order valence-electron chi connectivity index (χ1n) is 7.65. The van der Waals surface area contributed by atoms with Crippen LogP contribution in [0.5, 0.6) is 5.75 Å². The van der Waals surface area contributed by atoms with Crippen LogP contribution in [0.1, 0.15) is 29.3 Å². The fourth-order valence-corrected chi connectivity index (χ4v) is 2.20. The van der Waals surface area contributed by atoms with Gasteiger partial charge in [0.2, 0.25) is 0 Å². The van der Waals surface area contributed by atoms with Gasteiger partial charge in [-0.2, -0.15) is 0 Å². The number of para-hydroxylation sites is 1. The maximum absolute atomic E-state index is 12.4. The van der Waals surface area contributed by atoms with Gasteiger partial charge in [-0.05, 0) is 31.0 Å². The number of benzene rings is 2. The number of rotatable bonds is 8. The molecule has 0 unspecified atom stereocenters. The quantitative estimate of drug-likeness (QED) is 0.553. The molecule has 4 nitrogen and oxygen atoms in total. The smallest absolute Gasteiger partial charge is 0.344 e. The van der Waals surface area contributed by atoms with Crippen LogP contribution in [0.4, 0.5) is 0 Å². The average molecular weight is 312 g/mol. The fourth-order valence-electron chi connectivity index (χ4n) is 2.20. The highest BCUT2D eigenvalue weighted by molar-refractivity contribution is 5.98. The van der Waals surface area contributed by atoms with Gasteiger partial charge in [-0.3, -0.25) is 4.79 Å². The second-order valence-corrected chi connectivity index (χ2v) is 5.00. The molecule has 0 spiro atoms. The molecule has 2 aromatic carbocycles. The Morgan fingerprint density at radius 2 is 1.65 bits per heavy atom. The third kappa shape index (κ3) is 5.25. The van der Waals surface area contributed by atoms with Crippen LogP contribution in [-0.4, -0.2) is 25.0 Å². The van der Waals surface area contributed by atoms with Crippen LogP contribution in [0.2, 0.25) is 0 Å². The molecular formula is C19H20O4. The highest BCUT2D eigenvalue weighted by Gasteiger charge is 2.13. The summed E-state index contributed by atoms with van der Waals surface area (Å²) >= 11 is 0. The number of aryl methyl sites for hydroxylation is 1. The highest BCUT2D eigenvalue weighted by Crippen LogP contribution is 2.20. The van der Waals surface area contributed by atoms with E-state index in [1.165, 1.54) is 0 Å². The van der Waals surface area contributed by atoms with Gasteiger partial charge < -0.3 is 9.47 Å². The predicted octanol–water partition coefficient (Wildman–Crippen LogP) is 3.44. The maximum atomic E-state index is 12.4. The summed E-state index contributed by atoms with van der Waals surface area (Å²) < 4.78 is 10.2. The van der Waals surface area contributed by atoms with E-state index in [0.29, 0.717) is 30.8 Å². The van der Waals surface area contributed by atoms with Crippen LogP contribution in [0.3, 0.4) is 0 Å². The van der Waals surface area contributed by atoms with E-state index in [-0.39, 0.29) is 12.4 Å². The van der Waals surface area contributed by atoms with Gasteiger partial charge in [-0.1, -0.05) is 42.5 Å². The average Bonchev–Trinajstić information content (AvgIpc) is 2.59. The van der Waals surface area contributed by atoms with Crippen molar-refractivity contribution in [2.45, 2.75) is 19.8 Å². The molecule has 0 aromatic heterocycles. The molecule has 0 fully saturated rings. The SMILES string of the molecule is CCOC(=O)COc1ccccc1C(=O)CCc1ccccc1. The molecule has 2 aromatic rings. The van der Waals surface area contributed by atoms with Gasteiger partial charge in [-0.15, -0.1) is 0 Å². The first-order valence-corrected chi connectivity index (χ1v) is 7.65. The van der Waals surface area contributed by atoms with Crippen LogP contribution in [0.25, 0.3) is 0 Å². The topological polar surface area (TPSA) is 52.6 Å². The Kier molecular flexibility index (Phi) is 6.36. The number of ketones is 1. The summed E-state index contributed by atoms with van der Waals surface area (Å²) in [5.74, 6) is -0.0361. The van der Waals surface area contributed by atoms with Crippen molar-refractivity contribution in [1.82, 2.24) is 0 Å². The van der Waals surface area contributed by atoms with E-state index in [1.54, 1.807) is 31.2 Å². The van der Waals surface area contributed by atoms with Gasteiger partial charge in [-0.25, -0.2) is 4.79 Å². The Bertz CT molecular complexity index is 649. The fraction of sp³-hybridized carbons (Fsp3) is 0.263. The monoisotopic (exact) mass is 312 g/mol. The number of ether oxygens (including phenoxy) is 2. The molecule has 0 heterocycles. The van der Waals surface area contributed by atoms with Gasteiger partial charge >= 0.3 is 5.97 Å². The van der Waals surface area contributed by atoms with E-state index in [0.717, 1.165) is 5.56 Å². The molecular weight excluding hydrogens is 292 g/mol. The Labute approximate surface area is 136 Å². The van der Waals surface area contributed by atoms with Crippen molar-refractivity contribution in [3.8, 4) is 5.75 Å². The van der Waals surface area contributed by atoms with Crippen molar-refractivity contribution in [2.75, 3.05) is 13.2 Å². The molecule has 0 aliphatic heterocycles. The Morgan fingerprint density at radius 1 is 0.957 bits per heavy atom. The van der Waals surface area contributed by atoms with Crippen molar-refractivity contribution < 1.29 is 19.1 Å². The molecule has 0 atom stereocenters. The Hall–Kier alpha value is -2.62. The number of Topliss-reactive ketones (excluding diaryl/α,β-unsaturated/α-hetero) is 1. The molecule has 0 saturated carbocycles. The van der Waals surface area contributed by atoms with Gasteiger partial charge in [0, 0.05) is 6.42 Å². The number of carbonyl (C=O) groups is 2. The lowest BCUT2D eigenvalue weighted by Gasteiger charge is -2.10. The number of hydrogen-bond donors (Lipinski definition) is 0. The van der Waals surface area contributed by atoms with Crippen LogP contribution < -0.4 is 4.74 Å². The summed E-state index contributed by atoms with van der Waals surface area (Å²) in [6, 6.07) is 16.8. The number of hydrogen-bond acceptors (Lipinski definition) is 4. The Morgan fingerprint density at radius 3 is 2.39 bits per heavy atom. The maximum Gasteiger partial charge on any atom is 0.344 e. The zero-order valence-corrected chi connectivity index (χ0v) is 13.2. The lowest BCUT2D eigenvalue weighted by molar-refractivity contribution is -0.145. The Balaban J connectivity index is 1.98. The van der Waals surface area contributed by atoms with E-state index < -0.39 is 5.97 Å². The third-order valence-electron chi connectivity index (χ3n) is 3.32. The van der Waals surface area contributed by atoms with Gasteiger partial charge in [0.25, 0.3) is 0 Å². The summed E-state index contributed by atoms with van der Waals surface area (Å²) in [5.41, 5.74) is 1.61. The summed E-state index contributed by atoms with van der Waals surface area (Å²) in [5, 5.41) is 0. The highest BCUT2D eigenvalue weighted by atomic mass is 16.6. The summed E-state index contributed by atoms with van der Waals surface area (Å²) in [6.07, 6.45) is 1.07. The first-order chi connectivity index (χ1) is 11.2. The van der Waals surface area contributed by atoms with E-state index >= 15 is 0 Å². The van der Waals surface area contributed by atoms with E-state index in [1.807, 2.05) is 30.3 Å². The minimum atomic E-state index is -0.445. The summed E-state index contributed by atoms with van der Waals surface area (Å²) in [6.45, 7) is 1.84. The largest absolute Gasteiger partial charge is 0.481 e. The van der Waals surface area contributed by atoms with E-state index in [9.17, 15) is 9.59 Å². The summed E-state index contributed by atoms with van der Waals surface area (Å²) in [7, 11) is 0. The minimum Gasteiger partial charge on any atom is -0.481 e. The predicted molar refractivity (Wildman–Crippen MR) is 87.7 cm³/mol. The minimum absolute atomic E-state index is 0.00619. The molecule has 2 rings (SSSR count). The van der Waals surface area contributed by atoms with Crippen LogP contribution >= 0.6 is 0 Å². The van der Waals surface area contributed by atoms with Crippen molar-refractivity contribution in [2.24, 2.45) is 0 Å². The third-order valence-corrected chi connectivity index (χ3v) is 3.32. The summed E-state index contributed by atoms with van der Waals surface area (Å²) in [4.78, 5) is 23.8. The van der Waals surface area contributed by atoms with Crippen LogP contribution in [-0.2, 0) is 16.0 Å². The van der Waals surface area contributed by atoms with Gasteiger partial charge in [0.05, 0.1) is 12.2 Å². The number of carbonyl (C=O) groups excluding carboxylic acids is 2. The lowest BCUT2D eigenvalue weighted by Crippen LogP contribution is -2.16. The first kappa shape index (κ1) is 16.7. The second-order valence-electron chi connectivity index (χ2n) is 5.00. The molecule has 23 heavy (non-hydrogen) atoms. The van der Waals surface area contributed by atoms with Crippen molar-refractivity contribution in [3.05, 3.63) is 65.7 Å². The zero-order chi connectivity index (χ0) is 16.5.